The van der Waals surface area contributed by atoms with Gasteiger partial charge in [-0.2, -0.15) is 0 Å². The maximum Gasteiger partial charge on any atom is 0.303 e. The second-order valence-electron chi connectivity index (χ2n) is 5.52. The number of aliphatic hydroxyl groups excluding tert-OH is 1. The highest BCUT2D eigenvalue weighted by atomic mass is 16.8. The predicted octanol–water partition coefficient (Wildman–Crippen LogP) is 0.764. The van der Waals surface area contributed by atoms with Gasteiger partial charge in [-0.25, -0.2) is 0 Å². The van der Waals surface area contributed by atoms with Crippen molar-refractivity contribution in [3.05, 3.63) is 35.9 Å². The molecule has 7 nitrogen and oxygen atoms in total. The number of carbonyl (C=O) groups excluding carboxylic acids is 1. The molecule has 6 atom stereocenters. The van der Waals surface area contributed by atoms with Crippen LogP contribution in [0.5, 0.6) is 0 Å². The summed E-state index contributed by atoms with van der Waals surface area (Å²) >= 11 is 0. The van der Waals surface area contributed by atoms with Crippen molar-refractivity contribution in [2.24, 2.45) is 0 Å². The van der Waals surface area contributed by atoms with Crippen LogP contribution in [0.25, 0.3) is 0 Å². The van der Waals surface area contributed by atoms with Gasteiger partial charge in [0.15, 0.2) is 18.7 Å². The lowest BCUT2D eigenvalue weighted by Crippen LogP contribution is -2.63. The predicted molar refractivity (Wildman–Crippen MR) is 77.2 cm³/mol. The first-order valence-corrected chi connectivity index (χ1v) is 7.45. The van der Waals surface area contributed by atoms with E-state index in [1.54, 1.807) is 0 Å². The minimum Gasteiger partial charge on any atom is -0.454 e. The Hall–Kier alpha value is -1.51. The average molecular weight is 324 g/mol. The van der Waals surface area contributed by atoms with E-state index in [0.29, 0.717) is 0 Å². The Balaban J connectivity index is 1.76. The number of ether oxygens (including phenoxy) is 5. The normalized spacial score (nSPS) is 37.0. The molecule has 2 fully saturated rings. The van der Waals surface area contributed by atoms with Gasteiger partial charge in [0, 0.05) is 19.6 Å². The quantitative estimate of drug-likeness (QED) is 0.822. The van der Waals surface area contributed by atoms with Crippen LogP contribution < -0.4 is 0 Å². The fourth-order valence-corrected chi connectivity index (χ4v) is 2.85. The van der Waals surface area contributed by atoms with Crippen molar-refractivity contribution in [1.29, 1.82) is 0 Å². The van der Waals surface area contributed by atoms with Crippen LogP contribution in [-0.4, -0.2) is 55.5 Å². The maximum absolute atomic E-state index is 11.3. The minimum absolute atomic E-state index is 0.244. The molecule has 3 rings (SSSR count). The molecule has 0 radical (unpaired) electrons. The molecule has 0 amide bonds. The van der Waals surface area contributed by atoms with Gasteiger partial charge < -0.3 is 28.8 Å². The highest BCUT2D eigenvalue weighted by Gasteiger charge is 2.51. The third-order valence-electron chi connectivity index (χ3n) is 3.92. The number of aliphatic hydroxyl groups is 1. The topological polar surface area (TPSA) is 83.5 Å². The SMILES string of the molecule is CO[C@H]1O[C@@H]2CO[C@@H](c3ccccc3)O[C@@H]2[C@H](O)[C@H]1OC(C)=O. The van der Waals surface area contributed by atoms with Crippen LogP contribution in [0.4, 0.5) is 0 Å². The van der Waals surface area contributed by atoms with E-state index in [1.807, 2.05) is 30.3 Å². The smallest absolute Gasteiger partial charge is 0.303 e. The molecule has 0 spiro atoms. The van der Waals surface area contributed by atoms with Gasteiger partial charge in [-0.1, -0.05) is 30.3 Å². The van der Waals surface area contributed by atoms with Gasteiger partial charge in [0.1, 0.15) is 18.3 Å². The summed E-state index contributed by atoms with van der Waals surface area (Å²) in [7, 11) is 1.42. The van der Waals surface area contributed by atoms with Gasteiger partial charge in [0.05, 0.1) is 6.61 Å². The summed E-state index contributed by atoms with van der Waals surface area (Å²) in [6.45, 7) is 1.51. The van der Waals surface area contributed by atoms with Crippen LogP contribution in [0.1, 0.15) is 18.8 Å². The van der Waals surface area contributed by atoms with E-state index in [-0.39, 0.29) is 6.61 Å². The fourth-order valence-electron chi connectivity index (χ4n) is 2.85. The minimum atomic E-state index is -1.07. The van der Waals surface area contributed by atoms with Crippen LogP contribution in [-0.2, 0) is 28.5 Å². The summed E-state index contributed by atoms with van der Waals surface area (Å²) in [6.07, 6.45) is -4.67. The highest BCUT2D eigenvalue weighted by Crippen LogP contribution is 2.35. The Labute approximate surface area is 134 Å². The van der Waals surface area contributed by atoms with E-state index < -0.39 is 43.0 Å². The molecule has 0 aliphatic carbocycles. The molecule has 2 saturated heterocycles. The molecule has 1 aromatic rings. The van der Waals surface area contributed by atoms with E-state index in [9.17, 15) is 9.90 Å². The molecule has 0 aromatic heterocycles. The molecule has 2 aliphatic heterocycles. The highest BCUT2D eigenvalue weighted by molar-refractivity contribution is 5.66. The number of rotatable bonds is 3. The number of fused-ring (bicyclic) bond motifs is 1. The van der Waals surface area contributed by atoms with E-state index in [2.05, 4.69) is 0 Å². The van der Waals surface area contributed by atoms with E-state index in [4.69, 9.17) is 23.7 Å². The molecular weight excluding hydrogens is 304 g/mol. The first kappa shape index (κ1) is 16.4. The van der Waals surface area contributed by atoms with E-state index in [1.165, 1.54) is 14.0 Å². The summed E-state index contributed by atoms with van der Waals surface area (Å²) in [6, 6.07) is 9.41. The zero-order valence-electron chi connectivity index (χ0n) is 13.0. The first-order chi connectivity index (χ1) is 11.1. The second-order valence-corrected chi connectivity index (χ2v) is 5.52. The molecule has 0 saturated carbocycles. The Bertz CT molecular complexity index is 534. The molecule has 7 heteroatoms. The van der Waals surface area contributed by atoms with Crippen LogP contribution in [0.3, 0.4) is 0 Å². The van der Waals surface area contributed by atoms with Crippen molar-refractivity contribution in [1.82, 2.24) is 0 Å². The summed E-state index contributed by atoms with van der Waals surface area (Å²) < 4.78 is 27.5. The van der Waals surface area contributed by atoms with Crippen LogP contribution in [0, 0.1) is 0 Å². The number of hydrogen-bond donors (Lipinski definition) is 1. The lowest BCUT2D eigenvalue weighted by atomic mass is 9.97. The Morgan fingerprint density at radius 3 is 2.65 bits per heavy atom. The maximum atomic E-state index is 11.3. The van der Waals surface area contributed by atoms with Gasteiger partial charge in [-0.15, -0.1) is 0 Å². The van der Waals surface area contributed by atoms with Crippen molar-refractivity contribution in [3.8, 4) is 0 Å². The van der Waals surface area contributed by atoms with E-state index >= 15 is 0 Å². The molecule has 126 valence electrons. The number of hydrogen-bond acceptors (Lipinski definition) is 7. The molecule has 0 bridgehead atoms. The van der Waals surface area contributed by atoms with Gasteiger partial charge in [-0.05, 0) is 0 Å². The first-order valence-electron chi connectivity index (χ1n) is 7.45. The zero-order chi connectivity index (χ0) is 16.4. The standard InChI is InChI=1S/C16H20O7/c1-9(17)21-14-12(18)13-11(22-16(14)19-2)8-20-15(23-13)10-6-4-3-5-7-10/h3-7,11-16,18H,8H2,1-2H3/t11-,12+,13+,14-,15-,16+/m1/s1. The number of benzene rings is 1. The molecule has 2 heterocycles. The number of esters is 1. The third kappa shape index (κ3) is 3.39. The molecular formula is C16H20O7. The van der Waals surface area contributed by atoms with E-state index in [0.717, 1.165) is 5.56 Å². The average Bonchev–Trinajstić information content (AvgIpc) is 2.57. The van der Waals surface area contributed by atoms with Gasteiger partial charge >= 0.3 is 5.97 Å². The van der Waals surface area contributed by atoms with Crippen molar-refractivity contribution in [2.45, 2.75) is 43.9 Å². The molecule has 0 unspecified atom stereocenters. The van der Waals surface area contributed by atoms with Crippen LogP contribution in [0.15, 0.2) is 30.3 Å². The summed E-state index contributed by atoms with van der Waals surface area (Å²) in [4.78, 5) is 11.3. The Morgan fingerprint density at radius 2 is 2.00 bits per heavy atom. The van der Waals surface area contributed by atoms with Gasteiger partial charge in [-0.3, -0.25) is 4.79 Å². The summed E-state index contributed by atoms with van der Waals surface area (Å²) in [5.74, 6) is -0.523. The third-order valence-corrected chi connectivity index (χ3v) is 3.92. The molecule has 1 aromatic carbocycles. The van der Waals surface area contributed by atoms with Crippen molar-refractivity contribution >= 4 is 5.97 Å². The largest absolute Gasteiger partial charge is 0.454 e. The van der Waals surface area contributed by atoms with Gasteiger partial charge in [0.25, 0.3) is 0 Å². The summed E-state index contributed by atoms with van der Waals surface area (Å²) in [5.41, 5.74) is 0.844. The molecule has 2 aliphatic rings. The lowest BCUT2D eigenvalue weighted by Gasteiger charge is -2.46. The zero-order valence-corrected chi connectivity index (χ0v) is 13.0. The van der Waals surface area contributed by atoms with Gasteiger partial charge in [0.2, 0.25) is 0 Å². The Morgan fingerprint density at radius 1 is 1.26 bits per heavy atom. The lowest BCUT2D eigenvalue weighted by molar-refractivity contribution is -0.358. The van der Waals surface area contributed by atoms with Crippen LogP contribution in [0.2, 0.25) is 0 Å². The van der Waals surface area contributed by atoms with Crippen molar-refractivity contribution in [2.75, 3.05) is 13.7 Å². The molecule has 1 N–H and O–H groups in total. The Kier molecular flexibility index (Phi) is 4.93. The fraction of sp³-hybridized carbons (Fsp3) is 0.562. The second kappa shape index (κ2) is 6.94. The monoisotopic (exact) mass is 324 g/mol. The van der Waals surface area contributed by atoms with Crippen molar-refractivity contribution < 1.29 is 33.6 Å². The molecule has 23 heavy (non-hydrogen) atoms. The number of methoxy groups -OCH3 is 1. The summed E-state index contributed by atoms with van der Waals surface area (Å²) in [5, 5.41) is 10.6. The van der Waals surface area contributed by atoms with Crippen molar-refractivity contribution in [3.63, 3.8) is 0 Å². The van der Waals surface area contributed by atoms with Crippen LogP contribution >= 0.6 is 0 Å². The number of carbonyl (C=O) groups is 1.